The third-order valence-corrected chi connectivity index (χ3v) is 4.47. The second kappa shape index (κ2) is 5.44. The summed E-state index contributed by atoms with van der Waals surface area (Å²) in [4.78, 5) is 0. The van der Waals surface area contributed by atoms with E-state index in [0.717, 1.165) is 29.7 Å². The average molecular weight is 321 g/mol. The minimum atomic E-state index is -3.45. The van der Waals surface area contributed by atoms with E-state index in [1.165, 1.54) is 11.1 Å². The number of fused-ring (bicyclic) bond motifs is 3. The smallest absolute Gasteiger partial charge is 0.264 e. The van der Waals surface area contributed by atoms with Gasteiger partial charge in [-0.3, -0.25) is 4.18 Å². The second-order valence-corrected chi connectivity index (χ2v) is 7.25. The highest BCUT2D eigenvalue weighted by atomic mass is 32.2. The molecule has 0 fully saturated rings. The summed E-state index contributed by atoms with van der Waals surface area (Å²) in [6, 6.07) is 8.15. The van der Waals surface area contributed by atoms with Crippen LogP contribution in [0.4, 0.5) is 0 Å². The zero-order chi connectivity index (χ0) is 15.9. The van der Waals surface area contributed by atoms with Crippen molar-refractivity contribution in [1.82, 2.24) is 4.57 Å². The summed E-state index contributed by atoms with van der Waals surface area (Å²) >= 11 is 0. The van der Waals surface area contributed by atoms with Crippen LogP contribution in [0.15, 0.2) is 30.5 Å². The predicted molar refractivity (Wildman–Crippen MR) is 84.6 cm³/mol. The molecule has 0 unspecified atom stereocenters. The van der Waals surface area contributed by atoms with Gasteiger partial charge in [0.05, 0.1) is 31.7 Å². The third kappa shape index (κ3) is 2.89. The maximum Gasteiger partial charge on any atom is 0.264 e. The van der Waals surface area contributed by atoms with Crippen LogP contribution in [0.25, 0.3) is 11.3 Å². The van der Waals surface area contributed by atoms with Gasteiger partial charge in [-0.2, -0.15) is 8.42 Å². The van der Waals surface area contributed by atoms with E-state index in [1.807, 2.05) is 18.3 Å². The number of benzene rings is 1. The number of ether oxygens (including phenoxy) is 1. The minimum absolute atomic E-state index is 0.416. The molecule has 0 saturated heterocycles. The summed E-state index contributed by atoms with van der Waals surface area (Å²) < 4.78 is 34.9. The van der Waals surface area contributed by atoms with Crippen LogP contribution in [-0.4, -0.2) is 32.5 Å². The fourth-order valence-corrected chi connectivity index (χ4v) is 3.67. The average Bonchev–Trinajstić information content (AvgIpc) is 2.96. The lowest BCUT2D eigenvalue weighted by molar-refractivity contribution is 0.210. The number of methoxy groups -OCH3 is 1. The molecule has 1 aromatic heterocycles. The highest BCUT2D eigenvalue weighted by Crippen LogP contribution is 2.39. The molecule has 0 aliphatic heterocycles. The Morgan fingerprint density at radius 1 is 1.27 bits per heavy atom. The van der Waals surface area contributed by atoms with E-state index in [2.05, 4.69) is 16.7 Å². The third-order valence-electron chi connectivity index (χ3n) is 3.79. The normalized spacial score (nSPS) is 14.5. The van der Waals surface area contributed by atoms with Crippen molar-refractivity contribution in [1.29, 1.82) is 0 Å². The molecule has 0 amide bonds. The molecule has 6 heteroatoms. The number of hydrogen-bond acceptors (Lipinski definition) is 4. The van der Waals surface area contributed by atoms with Crippen LogP contribution >= 0.6 is 0 Å². The number of rotatable bonds is 5. The Labute approximate surface area is 130 Å². The Hall–Kier alpha value is -1.79. The lowest BCUT2D eigenvalue weighted by Gasteiger charge is -2.15. The summed E-state index contributed by atoms with van der Waals surface area (Å²) in [5, 5.41) is 0. The zero-order valence-corrected chi connectivity index (χ0v) is 13.7. The lowest BCUT2D eigenvalue weighted by Crippen LogP contribution is -2.20. The van der Waals surface area contributed by atoms with Crippen molar-refractivity contribution < 1.29 is 17.3 Å². The van der Waals surface area contributed by atoms with Gasteiger partial charge in [-0.25, -0.2) is 0 Å². The van der Waals surface area contributed by atoms with Crippen molar-refractivity contribution in [3.05, 3.63) is 41.6 Å². The summed E-state index contributed by atoms with van der Waals surface area (Å²) in [5.74, 6) is 0.819. The summed E-state index contributed by atoms with van der Waals surface area (Å²) in [7, 11) is -1.79. The molecule has 0 N–H and O–H groups in total. The van der Waals surface area contributed by atoms with E-state index in [9.17, 15) is 8.42 Å². The Bertz CT molecular complexity index is 808. The first-order valence-corrected chi connectivity index (χ1v) is 8.92. The molecular weight excluding hydrogens is 302 g/mol. The van der Waals surface area contributed by atoms with Crippen LogP contribution in [0, 0.1) is 0 Å². The molecule has 1 heterocycles. The fraction of sp³-hybridized carbons (Fsp3) is 0.375. The summed E-state index contributed by atoms with van der Waals surface area (Å²) in [6.45, 7) is 2.24. The number of nitrogens with zero attached hydrogens (tertiary/aromatic N) is 1. The van der Waals surface area contributed by atoms with Gasteiger partial charge in [0.2, 0.25) is 0 Å². The Morgan fingerprint density at radius 3 is 2.73 bits per heavy atom. The molecular formula is C16H19NO4S. The van der Waals surface area contributed by atoms with Crippen molar-refractivity contribution in [3.63, 3.8) is 0 Å². The van der Waals surface area contributed by atoms with Gasteiger partial charge < -0.3 is 9.30 Å². The van der Waals surface area contributed by atoms with Crippen LogP contribution < -0.4 is 4.74 Å². The molecule has 1 aliphatic carbocycles. The molecule has 0 radical (unpaired) electrons. The fourth-order valence-electron chi connectivity index (χ4n) is 3.01. The first-order chi connectivity index (χ1) is 10.4. The first-order valence-electron chi connectivity index (χ1n) is 7.11. The van der Waals surface area contributed by atoms with E-state index in [0.29, 0.717) is 6.54 Å². The predicted octanol–water partition coefficient (Wildman–Crippen LogP) is 2.43. The molecule has 0 spiro atoms. The van der Waals surface area contributed by atoms with Crippen molar-refractivity contribution in [2.45, 2.75) is 26.0 Å². The quantitative estimate of drug-likeness (QED) is 0.677. The van der Waals surface area contributed by atoms with Crippen molar-refractivity contribution in [3.8, 4) is 17.0 Å². The topological polar surface area (TPSA) is 57.5 Å². The molecule has 3 rings (SSSR count). The summed E-state index contributed by atoms with van der Waals surface area (Å²) in [6.07, 6.45) is 3.53. The van der Waals surface area contributed by atoms with Crippen LogP contribution in [0.3, 0.4) is 0 Å². The highest BCUT2D eigenvalue weighted by molar-refractivity contribution is 7.86. The van der Waals surface area contributed by atoms with Crippen LogP contribution in [0.5, 0.6) is 5.75 Å². The second-order valence-electron chi connectivity index (χ2n) is 5.65. The van der Waals surface area contributed by atoms with Crippen molar-refractivity contribution in [2.75, 3.05) is 13.4 Å². The SMILES string of the molecule is COc1ccc2c(c1)-c1c(ccn1C[C@@H](C)OS(C)(=O)=O)C2. The van der Waals surface area contributed by atoms with Gasteiger partial charge >= 0.3 is 0 Å². The van der Waals surface area contributed by atoms with Gasteiger partial charge in [-0.15, -0.1) is 0 Å². The Morgan fingerprint density at radius 2 is 2.05 bits per heavy atom. The maximum atomic E-state index is 11.2. The van der Waals surface area contributed by atoms with E-state index < -0.39 is 16.2 Å². The lowest BCUT2D eigenvalue weighted by atomic mass is 10.1. The van der Waals surface area contributed by atoms with Crippen molar-refractivity contribution >= 4 is 10.1 Å². The van der Waals surface area contributed by atoms with Gasteiger partial charge in [0, 0.05) is 18.2 Å². The molecule has 0 saturated carbocycles. The molecule has 118 valence electrons. The van der Waals surface area contributed by atoms with Crippen LogP contribution in [0.2, 0.25) is 0 Å². The Balaban J connectivity index is 1.92. The zero-order valence-electron chi connectivity index (χ0n) is 12.9. The standard InChI is InChI=1S/C16H19NO4S/c1-11(21-22(3,18)19)10-17-7-6-13-8-12-4-5-14(20-2)9-15(12)16(13)17/h4-7,9,11H,8,10H2,1-3H3/t11-/m1/s1. The molecule has 2 aromatic rings. The molecule has 22 heavy (non-hydrogen) atoms. The maximum absolute atomic E-state index is 11.2. The van der Waals surface area contributed by atoms with Gasteiger partial charge in [-0.05, 0) is 36.2 Å². The van der Waals surface area contributed by atoms with E-state index in [-0.39, 0.29) is 0 Å². The number of aromatic nitrogens is 1. The van der Waals surface area contributed by atoms with Crippen LogP contribution in [0.1, 0.15) is 18.1 Å². The van der Waals surface area contributed by atoms with Gasteiger partial charge in [0.1, 0.15) is 5.75 Å². The van der Waals surface area contributed by atoms with Crippen molar-refractivity contribution in [2.24, 2.45) is 0 Å². The van der Waals surface area contributed by atoms with E-state index in [4.69, 9.17) is 8.92 Å². The molecule has 0 bridgehead atoms. The highest BCUT2D eigenvalue weighted by Gasteiger charge is 2.24. The monoisotopic (exact) mass is 321 g/mol. The minimum Gasteiger partial charge on any atom is -0.497 e. The number of hydrogen-bond donors (Lipinski definition) is 0. The molecule has 1 aromatic carbocycles. The molecule has 5 nitrogen and oxygen atoms in total. The van der Waals surface area contributed by atoms with Gasteiger partial charge in [0.25, 0.3) is 10.1 Å². The van der Waals surface area contributed by atoms with Crippen LogP contribution in [-0.2, 0) is 27.3 Å². The van der Waals surface area contributed by atoms with E-state index >= 15 is 0 Å². The van der Waals surface area contributed by atoms with E-state index in [1.54, 1.807) is 14.0 Å². The van der Waals surface area contributed by atoms with Gasteiger partial charge in [-0.1, -0.05) is 6.07 Å². The molecule has 1 aliphatic rings. The van der Waals surface area contributed by atoms with Gasteiger partial charge in [0.15, 0.2) is 0 Å². The molecule has 1 atom stereocenters. The summed E-state index contributed by atoms with van der Waals surface area (Å²) in [5.41, 5.74) is 4.77. The first kappa shape index (κ1) is 15.1. The largest absolute Gasteiger partial charge is 0.497 e. The Kier molecular flexibility index (Phi) is 3.74.